The van der Waals surface area contributed by atoms with E-state index in [9.17, 15) is 9.18 Å². The zero-order valence-electron chi connectivity index (χ0n) is 14.8. The molecule has 2 N–H and O–H groups in total. The monoisotopic (exact) mass is 446 g/mol. The van der Waals surface area contributed by atoms with E-state index in [1.165, 1.54) is 19.4 Å². The van der Waals surface area contributed by atoms with Gasteiger partial charge in [0.1, 0.15) is 16.9 Å². The van der Waals surface area contributed by atoms with Gasteiger partial charge in [-0.05, 0) is 45.8 Å². The number of benzene rings is 2. The molecule has 0 aliphatic heterocycles. The summed E-state index contributed by atoms with van der Waals surface area (Å²) in [6.07, 6.45) is 2.99. The first-order chi connectivity index (χ1) is 13.6. The van der Waals surface area contributed by atoms with Crippen molar-refractivity contribution in [3.63, 3.8) is 0 Å². The van der Waals surface area contributed by atoms with E-state index in [2.05, 4.69) is 36.7 Å². The molecule has 0 aliphatic carbocycles. The average molecular weight is 447 g/mol. The van der Waals surface area contributed by atoms with E-state index in [0.29, 0.717) is 27.2 Å². The van der Waals surface area contributed by atoms with Crippen molar-refractivity contribution in [3.05, 3.63) is 80.4 Å². The number of aromatic nitrogens is 2. The van der Waals surface area contributed by atoms with Gasteiger partial charge < -0.3 is 9.47 Å². The second-order valence-corrected chi connectivity index (χ2v) is 6.38. The molecule has 0 bridgehead atoms. The van der Waals surface area contributed by atoms with E-state index in [0.717, 1.165) is 5.56 Å². The summed E-state index contributed by atoms with van der Waals surface area (Å²) >= 11 is 3.16. The van der Waals surface area contributed by atoms with Crippen LogP contribution in [0.25, 0.3) is 0 Å². The fourth-order valence-corrected chi connectivity index (χ4v) is 2.57. The average Bonchev–Trinajstić information content (AvgIpc) is 2.71. The van der Waals surface area contributed by atoms with Gasteiger partial charge in [-0.1, -0.05) is 18.2 Å². The molecule has 28 heavy (non-hydrogen) atoms. The number of hydrazone groups is 1. The lowest BCUT2D eigenvalue weighted by atomic mass is 10.2. The van der Waals surface area contributed by atoms with Crippen LogP contribution in [0.4, 0.5) is 10.1 Å². The standard InChI is InChI=1S/C19H16BrFN4O3/c1-27-17-8-12(9-22-24-15-10-23-25-19(26)18(15)20)6-7-16(17)28-11-13-4-2-3-5-14(13)21/h2-10H,11H2,1H3,(H2,24,25,26)/b22-9-. The first-order valence-electron chi connectivity index (χ1n) is 8.15. The zero-order chi connectivity index (χ0) is 19.9. The van der Waals surface area contributed by atoms with E-state index in [1.807, 2.05) is 0 Å². The Morgan fingerprint density at radius 1 is 1.29 bits per heavy atom. The Balaban J connectivity index is 1.69. The largest absolute Gasteiger partial charge is 0.493 e. The molecule has 0 radical (unpaired) electrons. The maximum atomic E-state index is 13.7. The number of H-pyrrole nitrogens is 1. The summed E-state index contributed by atoms with van der Waals surface area (Å²) in [5, 5.41) is 10.1. The fourth-order valence-electron chi connectivity index (χ4n) is 2.29. The number of methoxy groups -OCH3 is 1. The second kappa shape index (κ2) is 9.14. The molecule has 0 spiro atoms. The molecule has 2 aromatic carbocycles. The van der Waals surface area contributed by atoms with Gasteiger partial charge in [0.15, 0.2) is 11.5 Å². The molecule has 3 rings (SSSR count). The zero-order valence-corrected chi connectivity index (χ0v) is 16.4. The quantitative estimate of drug-likeness (QED) is 0.426. The van der Waals surface area contributed by atoms with Crippen LogP contribution in [0.15, 0.2) is 63.0 Å². The summed E-state index contributed by atoms with van der Waals surface area (Å²) in [6.45, 7) is 0.0849. The van der Waals surface area contributed by atoms with Gasteiger partial charge in [0.2, 0.25) is 0 Å². The van der Waals surface area contributed by atoms with Crippen molar-refractivity contribution in [1.82, 2.24) is 10.2 Å². The summed E-state index contributed by atoms with van der Waals surface area (Å²) in [5.74, 6) is 0.647. The summed E-state index contributed by atoms with van der Waals surface area (Å²) in [6, 6.07) is 11.6. The van der Waals surface area contributed by atoms with Crippen molar-refractivity contribution >= 4 is 27.8 Å². The smallest absolute Gasteiger partial charge is 0.280 e. The SMILES string of the molecule is COc1cc(/C=N\Nc2cn[nH]c(=O)c2Br)ccc1OCc1ccccc1F. The van der Waals surface area contributed by atoms with E-state index in [-0.39, 0.29) is 18.0 Å². The molecule has 0 amide bonds. The fraction of sp³-hybridized carbons (Fsp3) is 0.105. The first-order valence-corrected chi connectivity index (χ1v) is 8.94. The Morgan fingerprint density at radius 3 is 2.89 bits per heavy atom. The van der Waals surface area contributed by atoms with Gasteiger partial charge in [-0.3, -0.25) is 10.2 Å². The van der Waals surface area contributed by atoms with Crippen LogP contribution in [0.2, 0.25) is 0 Å². The van der Waals surface area contributed by atoms with Crippen molar-refractivity contribution < 1.29 is 13.9 Å². The van der Waals surface area contributed by atoms with Crippen LogP contribution in [-0.2, 0) is 6.61 Å². The van der Waals surface area contributed by atoms with Crippen LogP contribution in [-0.4, -0.2) is 23.5 Å². The normalized spacial score (nSPS) is 10.8. The minimum Gasteiger partial charge on any atom is -0.493 e. The molecule has 0 saturated carbocycles. The van der Waals surface area contributed by atoms with Crippen LogP contribution >= 0.6 is 15.9 Å². The van der Waals surface area contributed by atoms with Gasteiger partial charge in [0.05, 0.1) is 25.2 Å². The molecule has 7 nitrogen and oxygen atoms in total. The van der Waals surface area contributed by atoms with Gasteiger partial charge in [0.25, 0.3) is 5.56 Å². The highest BCUT2D eigenvalue weighted by atomic mass is 79.9. The number of hydrogen-bond acceptors (Lipinski definition) is 6. The Kier molecular flexibility index (Phi) is 6.38. The van der Waals surface area contributed by atoms with Crippen molar-refractivity contribution in [2.75, 3.05) is 12.5 Å². The lowest BCUT2D eigenvalue weighted by molar-refractivity contribution is 0.279. The Bertz CT molecular complexity index is 1060. The Morgan fingerprint density at radius 2 is 2.11 bits per heavy atom. The number of aromatic amines is 1. The number of nitrogens with zero attached hydrogens (tertiary/aromatic N) is 2. The number of halogens is 2. The van der Waals surface area contributed by atoms with Crippen molar-refractivity contribution in [3.8, 4) is 11.5 Å². The third kappa shape index (κ3) is 4.74. The number of hydrogen-bond donors (Lipinski definition) is 2. The molecule has 9 heteroatoms. The van der Waals surface area contributed by atoms with Gasteiger partial charge in [0, 0.05) is 5.56 Å². The highest BCUT2D eigenvalue weighted by Gasteiger charge is 2.08. The van der Waals surface area contributed by atoms with E-state index in [4.69, 9.17) is 9.47 Å². The second-order valence-electron chi connectivity index (χ2n) is 5.59. The molecule has 0 fully saturated rings. The molecule has 0 unspecified atom stereocenters. The minimum atomic E-state index is -0.363. The molecule has 0 atom stereocenters. The molecule has 1 heterocycles. The maximum absolute atomic E-state index is 13.7. The number of ether oxygens (including phenoxy) is 2. The molecule has 3 aromatic rings. The van der Waals surface area contributed by atoms with Gasteiger partial charge in [-0.2, -0.15) is 10.2 Å². The van der Waals surface area contributed by atoms with Crippen molar-refractivity contribution in [2.45, 2.75) is 6.61 Å². The van der Waals surface area contributed by atoms with E-state index in [1.54, 1.807) is 42.6 Å². The van der Waals surface area contributed by atoms with Crippen LogP contribution < -0.4 is 20.5 Å². The predicted octanol–water partition coefficient (Wildman–Crippen LogP) is 3.71. The molecular weight excluding hydrogens is 431 g/mol. The third-order valence-electron chi connectivity index (χ3n) is 3.72. The topological polar surface area (TPSA) is 88.6 Å². The molecule has 0 saturated heterocycles. The molecule has 1 aromatic heterocycles. The minimum absolute atomic E-state index is 0.0849. The van der Waals surface area contributed by atoms with Crippen molar-refractivity contribution in [2.24, 2.45) is 5.10 Å². The van der Waals surface area contributed by atoms with Crippen LogP contribution in [0, 0.1) is 5.82 Å². The maximum Gasteiger partial charge on any atom is 0.280 e. The first kappa shape index (κ1) is 19.6. The summed E-state index contributed by atoms with van der Waals surface area (Å²) < 4.78 is 25.0. The lowest BCUT2D eigenvalue weighted by Gasteiger charge is -2.11. The molecular formula is C19H16BrFN4O3. The number of anilines is 1. The molecule has 144 valence electrons. The highest BCUT2D eigenvalue weighted by molar-refractivity contribution is 9.10. The van der Waals surface area contributed by atoms with Crippen LogP contribution in [0.3, 0.4) is 0 Å². The summed E-state index contributed by atoms with van der Waals surface area (Å²) in [7, 11) is 1.52. The Hall–Kier alpha value is -3.20. The third-order valence-corrected chi connectivity index (χ3v) is 4.51. The van der Waals surface area contributed by atoms with Gasteiger partial charge in [-0.15, -0.1) is 0 Å². The Labute approximate surface area is 168 Å². The van der Waals surface area contributed by atoms with Crippen LogP contribution in [0.1, 0.15) is 11.1 Å². The number of rotatable bonds is 7. The summed E-state index contributed by atoms with van der Waals surface area (Å²) in [4.78, 5) is 11.5. The number of nitrogens with one attached hydrogen (secondary N) is 2. The molecule has 0 aliphatic rings. The van der Waals surface area contributed by atoms with Crippen LogP contribution in [0.5, 0.6) is 11.5 Å². The van der Waals surface area contributed by atoms with Crippen molar-refractivity contribution in [1.29, 1.82) is 0 Å². The summed E-state index contributed by atoms with van der Waals surface area (Å²) in [5.41, 5.74) is 3.99. The highest BCUT2D eigenvalue weighted by Crippen LogP contribution is 2.28. The van der Waals surface area contributed by atoms with Gasteiger partial charge >= 0.3 is 0 Å². The predicted molar refractivity (Wildman–Crippen MR) is 108 cm³/mol. The van der Waals surface area contributed by atoms with E-state index >= 15 is 0 Å². The lowest BCUT2D eigenvalue weighted by Crippen LogP contribution is -2.10. The van der Waals surface area contributed by atoms with Gasteiger partial charge in [-0.25, -0.2) is 9.49 Å². The van der Waals surface area contributed by atoms with E-state index < -0.39 is 0 Å².